The molecule has 2 aromatic rings. The largest absolute Gasteiger partial charge is 0.446 e. The predicted octanol–water partition coefficient (Wildman–Crippen LogP) is 3.09. The molecule has 0 spiro atoms. The van der Waals surface area contributed by atoms with E-state index in [0.717, 1.165) is 25.0 Å². The van der Waals surface area contributed by atoms with Gasteiger partial charge in [-0.25, -0.2) is 13.2 Å². The van der Waals surface area contributed by atoms with Gasteiger partial charge >= 0.3 is 6.09 Å². The normalized spacial score (nSPS) is 22.6. The molecule has 1 aliphatic heterocycles. The van der Waals surface area contributed by atoms with Gasteiger partial charge in [-0.15, -0.1) is 0 Å². The van der Waals surface area contributed by atoms with Crippen LogP contribution in [0.3, 0.4) is 0 Å². The fourth-order valence-corrected chi connectivity index (χ4v) is 7.05. The van der Waals surface area contributed by atoms with E-state index in [-0.39, 0.29) is 42.7 Å². The Kier molecular flexibility index (Phi) is 10.0. The number of alkyl carbamates (subject to hydrolysis) is 1. The molecule has 39 heavy (non-hydrogen) atoms. The molecule has 9 nitrogen and oxygen atoms in total. The monoisotopic (exact) mass is 560 g/mol. The standard InChI is InChI=1S/C29H40N2O7S/c1-20(2)17-31(39(35,36)25-10-8-22(19-32)9-11-25)18-27(33)26(14-21-6-4-3-5-7-21)30-29(34)38-24-15-23-12-13-37-28(23)16-24/h3-11,20,23-24,26-28,32-33H,12-19H2,1-2H3,(H,30,34)/t23-,24+,26+,27-,28+/m1/s1. The van der Waals surface area contributed by atoms with Crippen LogP contribution in [-0.2, 0) is 32.5 Å². The molecule has 1 saturated heterocycles. The van der Waals surface area contributed by atoms with Crippen LogP contribution in [0.25, 0.3) is 0 Å². The summed E-state index contributed by atoms with van der Waals surface area (Å²) in [5.41, 5.74) is 1.50. The number of hydrogen-bond acceptors (Lipinski definition) is 7. The van der Waals surface area contributed by atoms with Gasteiger partial charge in [-0.3, -0.25) is 0 Å². The zero-order valence-corrected chi connectivity index (χ0v) is 23.4. The van der Waals surface area contributed by atoms with E-state index >= 15 is 0 Å². The Morgan fingerprint density at radius 1 is 1.08 bits per heavy atom. The van der Waals surface area contributed by atoms with Crippen molar-refractivity contribution in [2.24, 2.45) is 11.8 Å². The lowest BCUT2D eigenvalue weighted by Crippen LogP contribution is -2.51. The number of carbonyl (C=O) groups excluding carboxylic acids is 1. The average Bonchev–Trinajstić information content (AvgIpc) is 3.50. The average molecular weight is 561 g/mol. The topological polar surface area (TPSA) is 125 Å². The van der Waals surface area contributed by atoms with E-state index in [1.165, 1.54) is 16.4 Å². The van der Waals surface area contributed by atoms with Crippen molar-refractivity contribution < 1.29 is 32.9 Å². The highest BCUT2D eigenvalue weighted by molar-refractivity contribution is 7.89. The van der Waals surface area contributed by atoms with Gasteiger partial charge in [0.1, 0.15) is 6.10 Å². The van der Waals surface area contributed by atoms with Crippen LogP contribution in [0, 0.1) is 11.8 Å². The summed E-state index contributed by atoms with van der Waals surface area (Å²) in [7, 11) is -3.94. The number of fused-ring (bicyclic) bond motifs is 1. The van der Waals surface area contributed by atoms with Gasteiger partial charge in [0.2, 0.25) is 10.0 Å². The van der Waals surface area contributed by atoms with Gasteiger partial charge in [0.25, 0.3) is 0 Å². The van der Waals surface area contributed by atoms with Crippen molar-refractivity contribution in [3.8, 4) is 0 Å². The van der Waals surface area contributed by atoms with Gasteiger partial charge < -0.3 is 25.0 Å². The van der Waals surface area contributed by atoms with Gasteiger partial charge in [-0.2, -0.15) is 4.31 Å². The molecule has 214 valence electrons. The maximum absolute atomic E-state index is 13.6. The number of ether oxygens (including phenoxy) is 2. The summed E-state index contributed by atoms with van der Waals surface area (Å²) < 4.78 is 39.8. The highest BCUT2D eigenvalue weighted by atomic mass is 32.2. The number of hydrogen-bond donors (Lipinski definition) is 3. The molecule has 1 amide bonds. The van der Waals surface area contributed by atoms with E-state index in [9.17, 15) is 23.4 Å². The lowest BCUT2D eigenvalue weighted by molar-refractivity contribution is 0.0554. The summed E-state index contributed by atoms with van der Waals surface area (Å²) in [5.74, 6) is 0.410. The molecule has 1 aliphatic carbocycles. The van der Waals surface area contributed by atoms with Crippen LogP contribution in [-0.4, -0.2) is 73.1 Å². The third-order valence-corrected chi connectivity index (χ3v) is 9.30. The Hall–Kier alpha value is -2.50. The van der Waals surface area contributed by atoms with E-state index in [1.807, 2.05) is 44.2 Å². The number of sulfonamides is 1. The van der Waals surface area contributed by atoms with Crippen LogP contribution in [0.15, 0.2) is 59.5 Å². The molecule has 0 bridgehead atoms. The van der Waals surface area contributed by atoms with Gasteiger partial charge in [-0.05, 0) is 54.4 Å². The van der Waals surface area contributed by atoms with Gasteiger partial charge in [0, 0.05) is 26.1 Å². The molecule has 5 atom stereocenters. The van der Waals surface area contributed by atoms with Crippen LogP contribution in [0.2, 0.25) is 0 Å². The predicted molar refractivity (Wildman–Crippen MR) is 146 cm³/mol. The van der Waals surface area contributed by atoms with Crippen molar-refractivity contribution in [1.82, 2.24) is 9.62 Å². The number of rotatable bonds is 12. The van der Waals surface area contributed by atoms with Crippen molar-refractivity contribution in [3.63, 3.8) is 0 Å². The number of carbonyl (C=O) groups is 1. The highest BCUT2D eigenvalue weighted by Crippen LogP contribution is 2.37. The Labute approximate surface area is 231 Å². The van der Waals surface area contributed by atoms with Crippen molar-refractivity contribution in [3.05, 3.63) is 65.7 Å². The molecule has 3 N–H and O–H groups in total. The van der Waals surface area contributed by atoms with Crippen LogP contribution in [0.4, 0.5) is 4.79 Å². The summed E-state index contributed by atoms with van der Waals surface area (Å²) in [4.78, 5) is 13.0. The smallest absolute Gasteiger partial charge is 0.407 e. The molecule has 0 unspecified atom stereocenters. The highest BCUT2D eigenvalue weighted by Gasteiger charge is 2.40. The second kappa shape index (κ2) is 13.2. The number of benzene rings is 2. The number of aliphatic hydroxyl groups excluding tert-OH is 2. The SMILES string of the molecule is CC(C)CN(C[C@@H](O)[C@H](Cc1ccccc1)NC(=O)O[C@H]1C[C@H]2CCO[C@H]2C1)S(=O)(=O)c1ccc(CO)cc1. The van der Waals surface area contributed by atoms with Crippen molar-refractivity contribution in [2.75, 3.05) is 19.7 Å². The molecule has 1 heterocycles. The number of nitrogens with one attached hydrogen (secondary N) is 1. The molecule has 0 radical (unpaired) electrons. The van der Waals surface area contributed by atoms with Crippen molar-refractivity contribution >= 4 is 16.1 Å². The van der Waals surface area contributed by atoms with E-state index in [1.54, 1.807) is 12.1 Å². The minimum absolute atomic E-state index is 0.00164. The first kappa shape index (κ1) is 29.5. The van der Waals surface area contributed by atoms with E-state index in [0.29, 0.717) is 24.3 Å². The second-order valence-electron chi connectivity index (χ2n) is 11.0. The quantitative estimate of drug-likeness (QED) is 0.364. The minimum Gasteiger partial charge on any atom is -0.446 e. The summed E-state index contributed by atoms with van der Waals surface area (Å²) in [6.07, 6.45) is 0.775. The Bertz CT molecular complexity index is 1160. The Morgan fingerprint density at radius 3 is 2.44 bits per heavy atom. The molecular formula is C29H40N2O7S. The zero-order valence-electron chi connectivity index (χ0n) is 22.6. The summed E-state index contributed by atoms with van der Waals surface area (Å²) >= 11 is 0. The molecule has 2 aromatic carbocycles. The molecule has 2 aliphatic rings. The zero-order chi connectivity index (χ0) is 28.0. The first-order valence-corrected chi connectivity index (χ1v) is 15.1. The third-order valence-electron chi connectivity index (χ3n) is 7.45. The van der Waals surface area contributed by atoms with Crippen LogP contribution in [0.5, 0.6) is 0 Å². The summed E-state index contributed by atoms with van der Waals surface area (Å²) in [5, 5.41) is 23.5. The molecule has 0 aromatic heterocycles. The van der Waals surface area contributed by atoms with E-state index in [2.05, 4.69) is 5.32 Å². The first-order chi connectivity index (χ1) is 18.7. The molecular weight excluding hydrogens is 520 g/mol. The first-order valence-electron chi connectivity index (χ1n) is 13.7. The van der Waals surface area contributed by atoms with Gasteiger partial charge in [0.05, 0.1) is 29.8 Å². The fourth-order valence-electron chi connectivity index (χ4n) is 5.43. The van der Waals surface area contributed by atoms with E-state index < -0.39 is 28.3 Å². The van der Waals surface area contributed by atoms with E-state index in [4.69, 9.17) is 9.47 Å². The molecule has 4 rings (SSSR count). The van der Waals surface area contributed by atoms with Crippen LogP contribution >= 0.6 is 0 Å². The van der Waals surface area contributed by atoms with Crippen molar-refractivity contribution in [2.45, 2.75) is 75.4 Å². The van der Waals surface area contributed by atoms with Gasteiger partial charge in [-0.1, -0.05) is 56.3 Å². The molecule has 2 fully saturated rings. The fraction of sp³-hybridized carbons (Fsp3) is 0.552. The van der Waals surface area contributed by atoms with Crippen LogP contribution in [0.1, 0.15) is 44.2 Å². The third kappa shape index (κ3) is 7.79. The number of nitrogens with zero attached hydrogens (tertiary/aromatic N) is 1. The minimum atomic E-state index is -3.94. The van der Waals surface area contributed by atoms with Crippen LogP contribution < -0.4 is 5.32 Å². The maximum atomic E-state index is 13.6. The Morgan fingerprint density at radius 2 is 1.79 bits per heavy atom. The Balaban J connectivity index is 1.49. The number of aliphatic hydroxyl groups is 2. The summed E-state index contributed by atoms with van der Waals surface area (Å²) in [6, 6.07) is 14.7. The second-order valence-corrected chi connectivity index (χ2v) is 12.9. The lowest BCUT2D eigenvalue weighted by atomic mass is 10.0. The number of amides is 1. The van der Waals surface area contributed by atoms with Gasteiger partial charge in [0.15, 0.2) is 0 Å². The maximum Gasteiger partial charge on any atom is 0.407 e. The van der Waals surface area contributed by atoms with Crippen molar-refractivity contribution in [1.29, 1.82) is 0 Å². The molecule has 10 heteroatoms. The summed E-state index contributed by atoms with van der Waals surface area (Å²) in [6.45, 7) is 4.35. The molecule has 1 saturated carbocycles. The lowest BCUT2D eigenvalue weighted by Gasteiger charge is -2.31.